The molecule has 2 bridgehead atoms. The van der Waals surface area contributed by atoms with Gasteiger partial charge in [-0.1, -0.05) is 39.7 Å². The summed E-state index contributed by atoms with van der Waals surface area (Å²) in [5, 5.41) is 3.17. The van der Waals surface area contributed by atoms with Crippen LogP contribution < -0.4 is 5.32 Å². The zero-order valence-electron chi connectivity index (χ0n) is 14.4. The summed E-state index contributed by atoms with van der Waals surface area (Å²) in [7, 11) is 0. The number of carbonyl (C=O) groups is 3. The van der Waals surface area contributed by atoms with Gasteiger partial charge in [0.15, 0.2) is 0 Å². The monoisotopic (exact) mass is 448 g/mol. The molecular weight excluding hydrogens is 432 g/mol. The van der Waals surface area contributed by atoms with E-state index in [-0.39, 0.29) is 54.4 Å². The molecule has 1 saturated heterocycles. The number of likely N-dealkylation sites (tertiary alicyclic amines) is 1. The van der Waals surface area contributed by atoms with Crippen LogP contribution in [0, 0.1) is 35.5 Å². The summed E-state index contributed by atoms with van der Waals surface area (Å²) in [6.07, 6.45) is 5.51. The van der Waals surface area contributed by atoms with Gasteiger partial charge in [-0.15, -0.1) is 0 Å². The number of halogens is 2. The van der Waals surface area contributed by atoms with Crippen molar-refractivity contribution < 1.29 is 14.4 Å². The number of nitrogens with zero attached hydrogens (tertiary/aromatic N) is 1. The molecule has 6 atom stereocenters. The van der Waals surface area contributed by atoms with E-state index in [0.717, 1.165) is 10.9 Å². The van der Waals surface area contributed by atoms with Crippen LogP contribution in [0.25, 0.3) is 0 Å². The number of allylic oxidation sites excluding steroid dienone is 2. The van der Waals surface area contributed by atoms with E-state index in [2.05, 4.69) is 33.4 Å². The molecule has 0 radical (unpaired) electrons. The van der Waals surface area contributed by atoms with Crippen molar-refractivity contribution in [3.05, 3.63) is 39.8 Å². The van der Waals surface area contributed by atoms with E-state index in [4.69, 9.17) is 11.6 Å². The van der Waals surface area contributed by atoms with E-state index in [1.807, 2.05) is 0 Å². The summed E-state index contributed by atoms with van der Waals surface area (Å²) in [4.78, 5) is 39.4. The Hall–Kier alpha value is -1.66. The Morgan fingerprint density at radius 2 is 1.78 bits per heavy atom. The standard InChI is InChI=1S/C20H18BrClN2O3/c21-9-1-4-15(14(22)7-9)23-16(25)5-6-24-19(26)17-10-2-3-11(13-8-12(10)13)18(17)20(24)27/h1-4,7,10-13,17-18H,5-6,8H2,(H,23,25)/t10-,11-,12-,13+,17-,18-/m1/s1. The van der Waals surface area contributed by atoms with Gasteiger partial charge in [0, 0.05) is 17.4 Å². The minimum Gasteiger partial charge on any atom is -0.325 e. The van der Waals surface area contributed by atoms with Gasteiger partial charge < -0.3 is 5.32 Å². The molecule has 140 valence electrons. The van der Waals surface area contributed by atoms with Crippen molar-refractivity contribution in [3.63, 3.8) is 0 Å². The van der Waals surface area contributed by atoms with E-state index in [1.165, 1.54) is 4.90 Å². The second-order valence-corrected chi connectivity index (χ2v) is 9.23. The fraction of sp³-hybridized carbons (Fsp3) is 0.450. The molecule has 6 rings (SSSR count). The zero-order chi connectivity index (χ0) is 18.9. The average Bonchev–Trinajstić information content (AvgIpc) is 3.41. The molecule has 0 spiro atoms. The number of nitrogens with one attached hydrogen (secondary N) is 1. The Morgan fingerprint density at radius 3 is 2.37 bits per heavy atom. The number of benzene rings is 1. The smallest absolute Gasteiger partial charge is 0.233 e. The molecule has 5 nitrogen and oxygen atoms in total. The molecule has 1 aliphatic heterocycles. The lowest BCUT2D eigenvalue weighted by Crippen LogP contribution is -2.40. The van der Waals surface area contributed by atoms with Gasteiger partial charge in [-0.3, -0.25) is 19.3 Å². The third-order valence-electron chi connectivity index (χ3n) is 6.52. The highest BCUT2D eigenvalue weighted by molar-refractivity contribution is 9.10. The van der Waals surface area contributed by atoms with Crippen molar-refractivity contribution in [2.24, 2.45) is 35.5 Å². The number of imide groups is 1. The van der Waals surface area contributed by atoms with Gasteiger partial charge in [0.1, 0.15) is 0 Å². The van der Waals surface area contributed by atoms with E-state index < -0.39 is 0 Å². The fourth-order valence-electron chi connectivity index (χ4n) is 5.26. The maximum Gasteiger partial charge on any atom is 0.233 e. The van der Waals surface area contributed by atoms with Gasteiger partial charge in [-0.25, -0.2) is 0 Å². The van der Waals surface area contributed by atoms with Gasteiger partial charge in [0.25, 0.3) is 0 Å². The van der Waals surface area contributed by atoms with E-state index >= 15 is 0 Å². The van der Waals surface area contributed by atoms with Crippen molar-refractivity contribution in [3.8, 4) is 0 Å². The Morgan fingerprint density at radius 1 is 1.15 bits per heavy atom. The predicted molar refractivity (Wildman–Crippen MR) is 104 cm³/mol. The Bertz CT molecular complexity index is 865. The first-order valence-electron chi connectivity index (χ1n) is 9.24. The highest BCUT2D eigenvalue weighted by Gasteiger charge is 2.66. The molecule has 1 aromatic carbocycles. The summed E-state index contributed by atoms with van der Waals surface area (Å²) in [5.74, 6) is 0.720. The van der Waals surface area contributed by atoms with Crippen molar-refractivity contribution in [1.82, 2.24) is 4.90 Å². The Kier molecular flexibility index (Phi) is 3.99. The molecule has 3 fully saturated rings. The molecule has 27 heavy (non-hydrogen) atoms. The lowest BCUT2D eigenvalue weighted by Gasteiger charge is -2.37. The average molecular weight is 450 g/mol. The van der Waals surface area contributed by atoms with Crippen LogP contribution in [-0.4, -0.2) is 29.2 Å². The van der Waals surface area contributed by atoms with Crippen LogP contribution in [0.3, 0.4) is 0 Å². The largest absolute Gasteiger partial charge is 0.325 e. The lowest BCUT2D eigenvalue weighted by atomic mass is 9.63. The number of anilines is 1. The minimum atomic E-state index is -0.265. The molecule has 2 saturated carbocycles. The quantitative estimate of drug-likeness (QED) is 0.565. The van der Waals surface area contributed by atoms with Crippen LogP contribution in [0.1, 0.15) is 12.8 Å². The molecule has 0 unspecified atom stereocenters. The van der Waals surface area contributed by atoms with Gasteiger partial charge >= 0.3 is 0 Å². The highest BCUT2D eigenvalue weighted by Crippen LogP contribution is 2.65. The van der Waals surface area contributed by atoms with Crippen molar-refractivity contribution >= 4 is 50.9 Å². The third kappa shape index (κ3) is 2.68. The summed E-state index contributed by atoms with van der Waals surface area (Å²) >= 11 is 9.44. The first-order chi connectivity index (χ1) is 13.0. The van der Waals surface area contributed by atoms with Crippen molar-refractivity contribution in [1.29, 1.82) is 0 Å². The van der Waals surface area contributed by atoms with Crippen molar-refractivity contribution in [2.45, 2.75) is 12.8 Å². The Labute approximate surface area is 170 Å². The number of hydrogen-bond acceptors (Lipinski definition) is 3. The van der Waals surface area contributed by atoms with Gasteiger partial charge in [-0.05, 0) is 48.3 Å². The van der Waals surface area contributed by atoms with Crippen LogP contribution in [0.15, 0.2) is 34.8 Å². The first kappa shape index (κ1) is 17.4. The van der Waals surface area contributed by atoms with E-state index in [1.54, 1.807) is 18.2 Å². The highest BCUT2D eigenvalue weighted by atomic mass is 79.9. The Balaban J connectivity index is 1.25. The van der Waals surface area contributed by atoms with E-state index in [0.29, 0.717) is 22.5 Å². The molecular formula is C20H18BrClN2O3. The SMILES string of the molecule is O=C(CCN1C(=O)[C@@H]2[C@@H]3C=C[C@H]([C@@H]4C[C@H]34)[C@H]2C1=O)Nc1ccc(Br)cc1Cl. The number of amides is 3. The molecule has 1 aromatic rings. The molecule has 7 heteroatoms. The van der Waals surface area contributed by atoms with Gasteiger partial charge in [0.2, 0.25) is 17.7 Å². The lowest BCUT2D eigenvalue weighted by molar-refractivity contribution is -0.140. The van der Waals surface area contributed by atoms with Crippen LogP contribution in [0.4, 0.5) is 5.69 Å². The first-order valence-corrected chi connectivity index (χ1v) is 10.4. The fourth-order valence-corrected chi connectivity index (χ4v) is 5.98. The normalized spacial score (nSPS) is 35.3. The van der Waals surface area contributed by atoms with Crippen LogP contribution in [-0.2, 0) is 14.4 Å². The summed E-state index contributed by atoms with van der Waals surface area (Å²) in [6.45, 7) is 0.124. The maximum atomic E-state index is 12.9. The topological polar surface area (TPSA) is 66.5 Å². The summed E-state index contributed by atoms with van der Waals surface area (Å²) in [5.41, 5.74) is 0.514. The summed E-state index contributed by atoms with van der Waals surface area (Å²) < 4.78 is 0.822. The van der Waals surface area contributed by atoms with Crippen LogP contribution >= 0.6 is 27.5 Å². The number of carbonyl (C=O) groups excluding carboxylic acids is 3. The predicted octanol–water partition coefficient (Wildman–Crippen LogP) is 3.48. The van der Waals surface area contributed by atoms with E-state index in [9.17, 15) is 14.4 Å². The second-order valence-electron chi connectivity index (χ2n) is 7.91. The third-order valence-corrected chi connectivity index (χ3v) is 7.33. The van der Waals surface area contributed by atoms with Gasteiger partial charge in [-0.2, -0.15) is 0 Å². The molecule has 1 heterocycles. The van der Waals surface area contributed by atoms with Gasteiger partial charge in [0.05, 0.1) is 22.5 Å². The van der Waals surface area contributed by atoms with Crippen LogP contribution in [0.2, 0.25) is 5.02 Å². The molecule has 5 aliphatic rings. The molecule has 3 amide bonds. The molecule has 4 aliphatic carbocycles. The molecule has 1 N–H and O–H groups in total. The second kappa shape index (κ2) is 6.17. The van der Waals surface area contributed by atoms with Crippen molar-refractivity contribution in [2.75, 3.05) is 11.9 Å². The maximum absolute atomic E-state index is 12.9. The zero-order valence-corrected chi connectivity index (χ0v) is 16.7. The molecule has 0 aromatic heterocycles. The minimum absolute atomic E-state index is 0.0684. The summed E-state index contributed by atoms with van der Waals surface area (Å²) in [6, 6.07) is 5.19. The number of rotatable bonds is 4. The number of hydrogen-bond donors (Lipinski definition) is 1. The van der Waals surface area contributed by atoms with Crippen LogP contribution in [0.5, 0.6) is 0 Å².